The van der Waals surface area contributed by atoms with Crippen molar-refractivity contribution in [3.05, 3.63) is 72.7 Å². The first kappa shape index (κ1) is 40.5. The zero-order valence-electron chi connectivity index (χ0n) is 30.3. The van der Waals surface area contributed by atoms with E-state index >= 15 is 0 Å². The van der Waals surface area contributed by atoms with Crippen molar-refractivity contribution in [3.8, 4) is 45.7 Å². The van der Waals surface area contributed by atoms with E-state index < -0.39 is 48.0 Å². The summed E-state index contributed by atoms with van der Waals surface area (Å²) < 4.78 is 64.0. The molecule has 0 aliphatic carbocycles. The van der Waals surface area contributed by atoms with Gasteiger partial charge in [0.05, 0.1) is 50.7 Å². The summed E-state index contributed by atoms with van der Waals surface area (Å²) in [7, 11) is -6.76. The maximum atomic E-state index is 12.3. The zero-order chi connectivity index (χ0) is 40.9. The van der Waals surface area contributed by atoms with Gasteiger partial charge in [-0.2, -0.15) is 0 Å². The van der Waals surface area contributed by atoms with Gasteiger partial charge in [0, 0.05) is 11.1 Å². The van der Waals surface area contributed by atoms with Gasteiger partial charge in [0.1, 0.15) is 0 Å². The lowest BCUT2D eigenvalue weighted by Crippen LogP contribution is -2.13. The fraction of sp³-hybridized carbons (Fsp3) is 0.235. The number of nitrogen functional groups attached to an aromatic ring is 2. The molecular weight excluding hydrogens is 773 g/mol. The molecule has 22 heteroatoms. The number of benzene rings is 2. The van der Waals surface area contributed by atoms with E-state index in [-0.39, 0.29) is 57.1 Å². The number of rotatable bonds is 11. The number of ether oxygens (including phenoxy) is 1. The Balaban J connectivity index is 0.000000215. The topological polar surface area (TPSA) is 313 Å². The fourth-order valence-electron chi connectivity index (χ4n) is 4.56. The van der Waals surface area contributed by atoms with Crippen LogP contribution in [0.3, 0.4) is 0 Å². The number of carboxylic acid groups (broad SMARTS) is 1. The van der Waals surface area contributed by atoms with Crippen LogP contribution in [0.4, 0.5) is 11.6 Å². The summed E-state index contributed by atoms with van der Waals surface area (Å²) in [5.41, 5.74) is 13.8. The van der Waals surface area contributed by atoms with Crippen molar-refractivity contribution in [1.82, 2.24) is 40.3 Å². The molecule has 0 fully saturated rings. The second-order valence-electron chi connectivity index (χ2n) is 12.1. The number of aromatic nitrogens is 8. The third kappa shape index (κ3) is 8.65. The summed E-state index contributed by atoms with van der Waals surface area (Å²) in [5, 5.41) is 22.2. The van der Waals surface area contributed by atoms with Gasteiger partial charge in [-0.15, -0.1) is 20.4 Å². The molecule has 0 atom stereocenters. The van der Waals surface area contributed by atoms with Crippen LogP contribution in [-0.4, -0.2) is 91.3 Å². The summed E-state index contributed by atoms with van der Waals surface area (Å²) in [6.07, 6.45) is 2.84. The van der Waals surface area contributed by atoms with Gasteiger partial charge in [0.15, 0.2) is 42.7 Å². The minimum Gasteiger partial charge on any atom is -0.474 e. The van der Waals surface area contributed by atoms with Crippen LogP contribution >= 0.6 is 0 Å². The summed E-state index contributed by atoms with van der Waals surface area (Å²) in [5.74, 6) is -3.30. The van der Waals surface area contributed by atoms with Gasteiger partial charge >= 0.3 is 23.7 Å². The smallest absolute Gasteiger partial charge is 0.396 e. The van der Waals surface area contributed by atoms with Crippen LogP contribution in [-0.2, 0) is 24.4 Å². The first-order valence-electron chi connectivity index (χ1n) is 16.5. The molecule has 56 heavy (non-hydrogen) atoms. The van der Waals surface area contributed by atoms with Gasteiger partial charge in [0.25, 0.3) is 11.8 Å². The Morgan fingerprint density at radius 3 is 1.43 bits per heavy atom. The molecule has 0 spiro atoms. The minimum absolute atomic E-state index is 0.0154. The number of carbonyl (C=O) groups excluding carboxylic acids is 1. The Labute approximate surface area is 319 Å². The standard InChI is InChI=1S/C18H19N5O5S.C16H15N5O5S/c1-4-27-18(24)17-23-22-16(28-17)14-15(19)20-9-13(21-14)11-5-7-12(8-6-11)29(25,26)10(2)3;1-8(2)27(24,25)10-5-3-9(4-6-10)11-7-18-13(17)12(19-11)14-20-21-15(26-14)16(22)23/h5-10H,4H2,1-3H3,(H2,19,20);3-8H,1-2H3,(H2,17,18)(H,22,23). The Hall–Kier alpha value is -6.68. The highest BCUT2D eigenvalue weighted by Crippen LogP contribution is 2.28. The van der Waals surface area contributed by atoms with Crippen molar-refractivity contribution in [2.75, 3.05) is 18.1 Å². The zero-order valence-corrected chi connectivity index (χ0v) is 31.9. The first-order valence-corrected chi connectivity index (χ1v) is 19.5. The van der Waals surface area contributed by atoms with E-state index in [9.17, 15) is 26.4 Å². The molecule has 0 amide bonds. The van der Waals surface area contributed by atoms with Crippen molar-refractivity contribution >= 4 is 43.2 Å². The predicted octanol–water partition coefficient (Wildman–Crippen LogP) is 3.79. The molecule has 2 aromatic carbocycles. The second kappa shape index (κ2) is 16.4. The second-order valence-corrected chi connectivity index (χ2v) is 17.1. The highest BCUT2D eigenvalue weighted by molar-refractivity contribution is 7.92. The number of esters is 1. The molecule has 6 rings (SSSR count). The predicted molar refractivity (Wildman–Crippen MR) is 198 cm³/mol. The molecule has 4 heterocycles. The van der Waals surface area contributed by atoms with E-state index in [1.165, 1.54) is 36.7 Å². The average molecular weight is 807 g/mol. The van der Waals surface area contributed by atoms with Gasteiger partial charge in [-0.25, -0.2) is 46.4 Å². The maximum Gasteiger partial charge on any atom is 0.396 e. The van der Waals surface area contributed by atoms with Gasteiger partial charge in [-0.05, 0) is 58.9 Å². The molecule has 5 N–H and O–H groups in total. The van der Waals surface area contributed by atoms with Crippen molar-refractivity contribution in [3.63, 3.8) is 0 Å². The number of hydrogen-bond donors (Lipinski definition) is 3. The van der Waals surface area contributed by atoms with Crippen LogP contribution < -0.4 is 11.5 Å². The monoisotopic (exact) mass is 806 g/mol. The molecule has 6 aromatic rings. The van der Waals surface area contributed by atoms with Gasteiger partial charge in [-0.1, -0.05) is 24.3 Å². The molecule has 0 aliphatic heterocycles. The molecule has 0 saturated heterocycles. The molecule has 0 bridgehead atoms. The van der Waals surface area contributed by atoms with E-state index in [2.05, 4.69) is 40.3 Å². The van der Waals surface area contributed by atoms with Crippen molar-refractivity contribution in [1.29, 1.82) is 0 Å². The number of hydrogen-bond acceptors (Lipinski definition) is 19. The van der Waals surface area contributed by atoms with Gasteiger partial charge < -0.3 is 30.1 Å². The SMILES string of the molecule is CC(C)S(=O)(=O)c1ccc(-c2cnc(N)c(-c3nnc(C(=O)O)o3)n2)cc1.CCOC(=O)c1nnc(-c2nc(-c3ccc(S(=O)(=O)C(C)C)cc3)cnc2N)o1. The minimum atomic E-state index is -3.38. The van der Waals surface area contributed by atoms with E-state index in [0.29, 0.717) is 22.5 Å². The third-order valence-corrected chi connectivity index (χ3v) is 12.0. The van der Waals surface area contributed by atoms with Crippen LogP contribution in [0.1, 0.15) is 56.0 Å². The highest BCUT2D eigenvalue weighted by atomic mass is 32.2. The van der Waals surface area contributed by atoms with E-state index in [1.54, 1.807) is 58.9 Å². The van der Waals surface area contributed by atoms with Crippen LogP contribution in [0.15, 0.2) is 79.5 Å². The summed E-state index contributed by atoms with van der Waals surface area (Å²) >= 11 is 0. The summed E-state index contributed by atoms with van der Waals surface area (Å²) in [4.78, 5) is 39.7. The van der Waals surface area contributed by atoms with Crippen molar-refractivity contribution in [2.45, 2.75) is 54.9 Å². The Kier molecular flexibility index (Phi) is 11.8. The molecule has 292 valence electrons. The number of carbonyl (C=O) groups is 2. The van der Waals surface area contributed by atoms with E-state index in [1.807, 2.05) is 0 Å². The van der Waals surface area contributed by atoms with Crippen molar-refractivity contribution in [2.24, 2.45) is 0 Å². The molecule has 20 nitrogen and oxygen atoms in total. The van der Waals surface area contributed by atoms with Crippen LogP contribution in [0.5, 0.6) is 0 Å². The number of carboxylic acids is 1. The number of sulfone groups is 2. The Morgan fingerprint density at radius 2 is 1.07 bits per heavy atom. The molecule has 0 saturated carbocycles. The van der Waals surface area contributed by atoms with Gasteiger partial charge in [0.2, 0.25) is 0 Å². The average Bonchev–Trinajstić information content (AvgIpc) is 3.87. The first-order chi connectivity index (χ1) is 26.4. The van der Waals surface area contributed by atoms with Crippen LogP contribution in [0.2, 0.25) is 0 Å². The summed E-state index contributed by atoms with van der Waals surface area (Å²) in [6, 6.07) is 12.4. The molecule has 0 unspecified atom stereocenters. The quantitative estimate of drug-likeness (QED) is 0.157. The number of aromatic carboxylic acids is 1. The van der Waals surface area contributed by atoms with Crippen LogP contribution in [0.25, 0.3) is 45.7 Å². The number of nitrogens with zero attached hydrogens (tertiary/aromatic N) is 8. The van der Waals surface area contributed by atoms with Gasteiger partial charge in [-0.3, -0.25) is 0 Å². The highest BCUT2D eigenvalue weighted by Gasteiger charge is 2.23. The van der Waals surface area contributed by atoms with E-state index in [0.717, 1.165) is 0 Å². The molecular formula is C34H34N10O10S2. The maximum absolute atomic E-state index is 12.3. The largest absolute Gasteiger partial charge is 0.474 e. The molecule has 0 radical (unpaired) electrons. The Bertz CT molecular complexity index is 2610. The normalized spacial score (nSPS) is 11.6. The lowest BCUT2D eigenvalue weighted by atomic mass is 10.1. The lowest BCUT2D eigenvalue weighted by molar-refractivity contribution is 0.0481. The lowest BCUT2D eigenvalue weighted by Gasteiger charge is -2.09. The number of anilines is 2. The molecule has 0 aliphatic rings. The van der Waals surface area contributed by atoms with E-state index in [4.69, 9.17) is 30.1 Å². The van der Waals surface area contributed by atoms with Crippen LogP contribution in [0, 0.1) is 0 Å². The Morgan fingerprint density at radius 1 is 0.679 bits per heavy atom. The molecule has 4 aromatic heterocycles. The van der Waals surface area contributed by atoms with Crippen molar-refractivity contribution < 1.29 is 45.1 Å². The fourth-order valence-corrected chi connectivity index (χ4v) is 6.68. The number of nitrogens with two attached hydrogens (primary N) is 2. The summed E-state index contributed by atoms with van der Waals surface area (Å²) in [6.45, 7) is 8.27. The third-order valence-electron chi connectivity index (χ3n) is 7.69.